The molecule has 0 atom stereocenters. The maximum Gasteiger partial charge on any atom is 0.417 e. The summed E-state index contributed by atoms with van der Waals surface area (Å²) in [4.78, 5) is 25.2. The summed E-state index contributed by atoms with van der Waals surface area (Å²) in [5.74, 6) is -0.246. The fraction of sp³-hybridized carbons (Fsp3) is 0.323. The summed E-state index contributed by atoms with van der Waals surface area (Å²) in [5, 5.41) is 23.1. The number of carbonyl (C=O) groups excluding carboxylic acids is 1. The summed E-state index contributed by atoms with van der Waals surface area (Å²) in [5.41, 5.74) is -0.891. The number of rotatable bonds is 8. The summed E-state index contributed by atoms with van der Waals surface area (Å²) in [7, 11) is 1.54. The number of allylic oxidation sites excluding steroid dienone is 2. The molecule has 1 saturated carbocycles. The standard InChI is InChI=1S/C31H31F3N6O2S/c1-5-6-14-37-19(2)15-20(3)38-27(36-4)24-16-23(10-11-26(24)41)40-29(43)39(28(42)30(40)12-7-13-30)22-9-8-21(18-35)25(17-22)31(32,33)34/h8-11,14-17,41H,3,5-7,12-13H2,1-2,4H3,(H,36,38)/b19-15+,37-14+. The number of benzene rings is 2. The fourth-order valence-electron chi connectivity index (χ4n) is 5.12. The Bertz CT molecular complexity index is 1600. The van der Waals surface area contributed by atoms with Crippen LogP contribution in [0.2, 0.25) is 0 Å². The summed E-state index contributed by atoms with van der Waals surface area (Å²) in [6.07, 6.45) is 2.19. The van der Waals surface area contributed by atoms with Crippen molar-refractivity contribution in [3.63, 3.8) is 0 Å². The normalized spacial score (nSPS) is 17.0. The minimum absolute atomic E-state index is 0.00460. The van der Waals surface area contributed by atoms with Crippen molar-refractivity contribution in [3.8, 4) is 11.8 Å². The number of phenolic OH excluding ortho intramolecular Hbond substituents is 1. The Labute approximate surface area is 253 Å². The number of hydrogen-bond acceptors (Lipinski definition) is 6. The number of alkyl halides is 3. The Kier molecular flexibility index (Phi) is 9.06. The lowest BCUT2D eigenvalue weighted by Crippen LogP contribution is -2.55. The van der Waals surface area contributed by atoms with E-state index in [2.05, 4.69) is 28.8 Å². The van der Waals surface area contributed by atoms with Crippen LogP contribution in [0.25, 0.3) is 0 Å². The van der Waals surface area contributed by atoms with Crippen molar-refractivity contribution in [3.05, 3.63) is 77.1 Å². The molecule has 1 saturated heterocycles. The summed E-state index contributed by atoms with van der Waals surface area (Å²) >= 11 is 5.72. The first-order chi connectivity index (χ1) is 20.4. The molecule has 2 fully saturated rings. The average Bonchev–Trinajstić information content (AvgIpc) is 3.18. The molecule has 0 radical (unpaired) electrons. The third-order valence-corrected chi connectivity index (χ3v) is 7.74. The molecule has 1 aliphatic heterocycles. The second kappa shape index (κ2) is 12.4. The molecule has 43 heavy (non-hydrogen) atoms. The van der Waals surface area contributed by atoms with E-state index in [1.54, 1.807) is 36.2 Å². The first-order valence-electron chi connectivity index (χ1n) is 13.6. The van der Waals surface area contributed by atoms with E-state index in [0.29, 0.717) is 35.6 Å². The van der Waals surface area contributed by atoms with Gasteiger partial charge in [-0.25, -0.2) is 0 Å². The Morgan fingerprint density at radius 2 is 1.95 bits per heavy atom. The molecular formula is C31H31F3N6O2S. The number of nitrogens with one attached hydrogen (secondary N) is 1. The zero-order valence-electron chi connectivity index (χ0n) is 24.0. The zero-order chi connectivity index (χ0) is 31.5. The van der Waals surface area contributed by atoms with E-state index >= 15 is 0 Å². The quantitative estimate of drug-likeness (QED) is 0.152. The van der Waals surface area contributed by atoms with Crippen LogP contribution in [0, 0.1) is 11.3 Å². The van der Waals surface area contributed by atoms with Gasteiger partial charge >= 0.3 is 6.18 Å². The third-order valence-electron chi connectivity index (χ3n) is 7.37. The number of amidine groups is 1. The average molecular weight is 609 g/mol. The highest BCUT2D eigenvalue weighted by molar-refractivity contribution is 7.81. The van der Waals surface area contributed by atoms with Gasteiger partial charge in [-0.2, -0.15) is 18.4 Å². The highest BCUT2D eigenvalue weighted by Crippen LogP contribution is 2.48. The Morgan fingerprint density at radius 3 is 2.53 bits per heavy atom. The Balaban J connectivity index is 1.70. The first kappa shape index (κ1) is 31.4. The molecule has 1 amide bonds. The van der Waals surface area contributed by atoms with Gasteiger partial charge in [-0.1, -0.05) is 19.9 Å². The van der Waals surface area contributed by atoms with E-state index < -0.39 is 28.7 Å². The van der Waals surface area contributed by atoms with E-state index in [9.17, 15) is 28.3 Å². The minimum Gasteiger partial charge on any atom is -0.507 e. The van der Waals surface area contributed by atoms with Crippen LogP contribution in [-0.4, -0.2) is 40.8 Å². The number of hydrogen-bond donors (Lipinski definition) is 2. The van der Waals surface area contributed by atoms with Crippen LogP contribution in [0.1, 0.15) is 62.6 Å². The molecular weight excluding hydrogens is 577 g/mol. The largest absolute Gasteiger partial charge is 0.507 e. The SMILES string of the molecule is C=C(/C=C(C)/N=C/CCC)N/C(=N\C)c1cc(N2C(=S)N(c3ccc(C#N)c(C(F)(F)F)c3)C(=O)C23CCC3)ccc1O. The van der Waals surface area contributed by atoms with Crippen molar-refractivity contribution in [2.24, 2.45) is 9.98 Å². The van der Waals surface area contributed by atoms with Crippen molar-refractivity contribution in [1.82, 2.24) is 5.32 Å². The molecule has 0 bridgehead atoms. The lowest BCUT2D eigenvalue weighted by Gasteiger charge is -2.43. The van der Waals surface area contributed by atoms with Crippen LogP contribution in [0.3, 0.4) is 0 Å². The molecule has 0 aromatic heterocycles. The second-order valence-corrected chi connectivity index (χ2v) is 10.7. The Hall–Kier alpha value is -4.50. The predicted molar refractivity (Wildman–Crippen MR) is 165 cm³/mol. The predicted octanol–water partition coefficient (Wildman–Crippen LogP) is 6.60. The lowest BCUT2D eigenvalue weighted by atomic mass is 9.75. The van der Waals surface area contributed by atoms with Crippen molar-refractivity contribution >= 4 is 46.7 Å². The van der Waals surface area contributed by atoms with Crippen LogP contribution in [0.5, 0.6) is 5.75 Å². The van der Waals surface area contributed by atoms with Crippen molar-refractivity contribution in [1.29, 1.82) is 5.26 Å². The molecule has 8 nitrogen and oxygen atoms in total. The fourth-order valence-corrected chi connectivity index (χ4v) is 5.59. The van der Waals surface area contributed by atoms with Gasteiger partial charge in [0.15, 0.2) is 5.11 Å². The zero-order valence-corrected chi connectivity index (χ0v) is 24.8. The van der Waals surface area contributed by atoms with E-state index in [0.717, 1.165) is 42.0 Å². The number of halogens is 3. The van der Waals surface area contributed by atoms with Crippen molar-refractivity contribution in [2.75, 3.05) is 16.8 Å². The molecule has 2 N–H and O–H groups in total. The molecule has 1 aliphatic carbocycles. The summed E-state index contributed by atoms with van der Waals surface area (Å²) < 4.78 is 41.2. The number of nitrogens with zero attached hydrogens (tertiary/aromatic N) is 5. The van der Waals surface area contributed by atoms with Gasteiger partial charge in [0.2, 0.25) is 0 Å². The van der Waals surface area contributed by atoms with Crippen molar-refractivity contribution in [2.45, 2.75) is 57.7 Å². The molecule has 224 valence electrons. The smallest absolute Gasteiger partial charge is 0.417 e. The molecule has 2 aromatic carbocycles. The molecule has 12 heteroatoms. The van der Waals surface area contributed by atoms with Crippen LogP contribution in [0.4, 0.5) is 24.5 Å². The minimum atomic E-state index is -4.80. The van der Waals surface area contributed by atoms with Crippen LogP contribution < -0.4 is 15.1 Å². The molecule has 4 rings (SSSR count). The number of thiocarbonyl (C=S) groups is 1. The summed E-state index contributed by atoms with van der Waals surface area (Å²) in [6.45, 7) is 7.90. The number of aromatic hydroxyl groups is 1. The van der Waals surface area contributed by atoms with Gasteiger partial charge in [-0.3, -0.25) is 19.7 Å². The number of anilines is 2. The monoisotopic (exact) mass is 608 g/mol. The molecule has 2 aromatic rings. The molecule has 1 heterocycles. The number of nitriles is 1. The van der Waals surface area contributed by atoms with Gasteiger partial charge < -0.3 is 15.3 Å². The Morgan fingerprint density at radius 1 is 1.26 bits per heavy atom. The second-order valence-electron chi connectivity index (χ2n) is 10.3. The topological polar surface area (TPSA) is 104 Å². The van der Waals surface area contributed by atoms with E-state index in [-0.39, 0.29) is 16.5 Å². The lowest BCUT2D eigenvalue weighted by molar-refractivity contribution is -0.137. The van der Waals surface area contributed by atoms with Crippen molar-refractivity contribution < 1.29 is 23.1 Å². The number of amides is 1. The highest BCUT2D eigenvalue weighted by atomic mass is 32.1. The van der Waals surface area contributed by atoms with Gasteiger partial charge in [0.25, 0.3) is 5.91 Å². The molecule has 1 spiro atoms. The van der Waals surface area contributed by atoms with Crippen LogP contribution >= 0.6 is 12.2 Å². The first-order valence-corrected chi connectivity index (χ1v) is 14.1. The highest BCUT2D eigenvalue weighted by Gasteiger charge is 2.59. The van der Waals surface area contributed by atoms with Crippen LogP contribution in [-0.2, 0) is 11.0 Å². The van der Waals surface area contributed by atoms with E-state index in [1.165, 1.54) is 12.1 Å². The van der Waals surface area contributed by atoms with Crippen LogP contribution in [0.15, 0.2) is 70.4 Å². The molecule has 0 unspecified atom stereocenters. The number of aliphatic imine (C=N–C) groups is 2. The van der Waals surface area contributed by atoms with Gasteiger partial charge in [0.1, 0.15) is 17.1 Å². The van der Waals surface area contributed by atoms with Gasteiger partial charge in [-0.15, -0.1) is 0 Å². The maximum absolute atomic E-state index is 13.8. The van der Waals surface area contributed by atoms with Gasteiger partial charge in [-0.05, 0) is 87.3 Å². The third kappa shape index (κ3) is 6.03. The van der Waals surface area contributed by atoms with Gasteiger partial charge in [0, 0.05) is 30.3 Å². The van der Waals surface area contributed by atoms with Gasteiger partial charge in [0.05, 0.1) is 28.4 Å². The van der Waals surface area contributed by atoms with E-state index in [1.807, 2.05) is 13.1 Å². The maximum atomic E-state index is 13.8. The number of unbranched alkanes of at least 4 members (excludes halogenated alkanes) is 1. The van der Waals surface area contributed by atoms with E-state index in [4.69, 9.17) is 12.2 Å². The summed E-state index contributed by atoms with van der Waals surface area (Å²) in [6, 6.07) is 9.32. The number of phenols is 1. The molecule has 2 aliphatic rings. The number of carbonyl (C=O) groups is 1.